The highest BCUT2D eigenvalue weighted by atomic mass is 28.4. The Labute approximate surface area is 134 Å². The minimum absolute atomic E-state index is 0.0192. The third-order valence-corrected chi connectivity index (χ3v) is 3.85. The van der Waals surface area contributed by atoms with Gasteiger partial charge in [-0.3, -0.25) is 4.79 Å². The van der Waals surface area contributed by atoms with Crippen LogP contribution >= 0.6 is 0 Å². The number of ether oxygens (including phenoxy) is 1. The van der Waals surface area contributed by atoms with Crippen molar-refractivity contribution < 1.29 is 14.0 Å². The minimum Gasteiger partial charge on any atom is -0.412 e. The Kier molecular flexibility index (Phi) is 8.09. The Morgan fingerprint density at radius 1 is 1.32 bits per heavy atom. The lowest BCUT2D eigenvalue weighted by molar-refractivity contribution is -0.123. The second-order valence-corrected chi connectivity index (χ2v) is 10.6. The molecule has 0 radical (unpaired) electrons. The number of carbonyl (C=O) groups excluding carboxylic acids is 1. The van der Waals surface area contributed by atoms with Crippen molar-refractivity contribution in [2.75, 3.05) is 13.2 Å². The molecule has 1 aromatic rings. The Bertz CT molecular complexity index is 457. The molecule has 1 rings (SSSR count). The standard InChI is InChI=1S/C17H27NO3Si/c1-5-11-20-14-16(21-22(2,3)4)12-17(19)18-13-15-9-7-6-8-10-15/h5-10,16H,1,11-14H2,2-4H3,(H,18,19). The van der Waals surface area contributed by atoms with Gasteiger partial charge in [0.2, 0.25) is 5.91 Å². The van der Waals surface area contributed by atoms with Gasteiger partial charge in [-0.15, -0.1) is 6.58 Å². The summed E-state index contributed by atoms with van der Waals surface area (Å²) in [6.07, 6.45) is 1.80. The number of amides is 1. The van der Waals surface area contributed by atoms with Crippen LogP contribution in [0.3, 0.4) is 0 Å². The molecular weight excluding hydrogens is 294 g/mol. The first-order valence-electron chi connectivity index (χ1n) is 7.58. The summed E-state index contributed by atoms with van der Waals surface area (Å²) in [4.78, 5) is 12.1. The van der Waals surface area contributed by atoms with Crippen LogP contribution < -0.4 is 5.32 Å². The Morgan fingerprint density at radius 2 is 2.00 bits per heavy atom. The van der Waals surface area contributed by atoms with Gasteiger partial charge in [0, 0.05) is 6.54 Å². The maximum atomic E-state index is 12.1. The number of carbonyl (C=O) groups is 1. The number of benzene rings is 1. The van der Waals surface area contributed by atoms with E-state index in [0.717, 1.165) is 5.56 Å². The Morgan fingerprint density at radius 3 is 2.59 bits per heavy atom. The summed E-state index contributed by atoms with van der Waals surface area (Å²) in [6, 6.07) is 9.86. The average Bonchev–Trinajstić information content (AvgIpc) is 2.45. The van der Waals surface area contributed by atoms with Crippen molar-refractivity contribution in [3.05, 3.63) is 48.6 Å². The molecule has 0 aliphatic rings. The fourth-order valence-corrected chi connectivity index (χ4v) is 3.14. The zero-order valence-corrected chi connectivity index (χ0v) is 14.8. The SMILES string of the molecule is C=CCOCC(CC(=O)NCc1ccccc1)O[Si](C)(C)C. The molecule has 1 amide bonds. The zero-order valence-electron chi connectivity index (χ0n) is 13.8. The number of hydrogen-bond acceptors (Lipinski definition) is 3. The summed E-state index contributed by atoms with van der Waals surface area (Å²) in [6.45, 7) is 11.4. The van der Waals surface area contributed by atoms with Crippen molar-refractivity contribution in [3.8, 4) is 0 Å². The summed E-state index contributed by atoms with van der Waals surface area (Å²) in [5.41, 5.74) is 1.08. The lowest BCUT2D eigenvalue weighted by atomic mass is 10.2. The number of hydrogen-bond donors (Lipinski definition) is 1. The summed E-state index contributed by atoms with van der Waals surface area (Å²) in [7, 11) is -1.72. The Balaban J connectivity index is 2.45. The van der Waals surface area contributed by atoms with Gasteiger partial charge in [-0.2, -0.15) is 0 Å². The second kappa shape index (κ2) is 9.56. The van der Waals surface area contributed by atoms with Crippen LogP contribution in [0.2, 0.25) is 19.6 Å². The van der Waals surface area contributed by atoms with Gasteiger partial charge < -0.3 is 14.5 Å². The molecule has 0 heterocycles. The molecule has 0 aliphatic heterocycles. The molecule has 0 aliphatic carbocycles. The van der Waals surface area contributed by atoms with Gasteiger partial charge in [0.15, 0.2) is 8.32 Å². The van der Waals surface area contributed by atoms with Gasteiger partial charge in [0.05, 0.1) is 25.7 Å². The first-order valence-corrected chi connectivity index (χ1v) is 11.0. The fraction of sp³-hybridized carbons (Fsp3) is 0.471. The molecule has 1 aromatic carbocycles. The van der Waals surface area contributed by atoms with Crippen LogP contribution in [0.4, 0.5) is 0 Å². The maximum absolute atomic E-state index is 12.1. The molecule has 4 nitrogen and oxygen atoms in total. The van der Waals surface area contributed by atoms with Crippen molar-refractivity contribution in [1.29, 1.82) is 0 Å². The van der Waals surface area contributed by atoms with Crippen molar-refractivity contribution in [3.63, 3.8) is 0 Å². The normalized spacial score (nSPS) is 12.7. The van der Waals surface area contributed by atoms with Gasteiger partial charge in [0.1, 0.15) is 0 Å². The molecule has 1 unspecified atom stereocenters. The van der Waals surface area contributed by atoms with E-state index in [0.29, 0.717) is 26.2 Å². The van der Waals surface area contributed by atoms with E-state index in [2.05, 4.69) is 31.5 Å². The van der Waals surface area contributed by atoms with E-state index >= 15 is 0 Å². The lowest BCUT2D eigenvalue weighted by Crippen LogP contribution is -2.38. The molecular formula is C17H27NO3Si. The van der Waals surface area contributed by atoms with E-state index in [4.69, 9.17) is 9.16 Å². The van der Waals surface area contributed by atoms with Crippen molar-refractivity contribution in [2.45, 2.75) is 38.7 Å². The molecule has 0 spiro atoms. The summed E-state index contributed by atoms with van der Waals surface area (Å²) in [5.74, 6) is -0.0192. The van der Waals surface area contributed by atoms with Crippen LogP contribution in [-0.2, 0) is 20.5 Å². The highest BCUT2D eigenvalue weighted by Crippen LogP contribution is 2.11. The highest BCUT2D eigenvalue weighted by molar-refractivity contribution is 6.69. The van der Waals surface area contributed by atoms with Gasteiger partial charge >= 0.3 is 0 Å². The smallest absolute Gasteiger partial charge is 0.222 e. The Hall–Kier alpha value is -1.43. The lowest BCUT2D eigenvalue weighted by Gasteiger charge is -2.26. The van der Waals surface area contributed by atoms with Crippen LogP contribution in [0.1, 0.15) is 12.0 Å². The topological polar surface area (TPSA) is 47.6 Å². The van der Waals surface area contributed by atoms with Crippen LogP contribution in [-0.4, -0.2) is 33.5 Å². The minimum atomic E-state index is -1.72. The fourth-order valence-electron chi connectivity index (χ4n) is 1.99. The molecule has 0 bridgehead atoms. The monoisotopic (exact) mass is 321 g/mol. The quantitative estimate of drug-likeness (QED) is 0.409. The third-order valence-electron chi connectivity index (χ3n) is 2.81. The van der Waals surface area contributed by atoms with Gasteiger partial charge in [0.25, 0.3) is 0 Å². The molecule has 0 fully saturated rings. The molecule has 0 saturated carbocycles. The molecule has 122 valence electrons. The third kappa shape index (κ3) is 8.77. The van der Waals surface area contributed by atoms with E-state index in [1.54, 1.807) is 6.08 Å². The largest absolute Gasteiger partial charge is 0.412 e. The molecule has 5 heteroatoms. The summed E-state index contributed by atoms with van der Waals surface area (Å²) < 4.78 is 11.5. The predicted molar refractivity (Wildman–Crippen MR) is 92.1 cm³/mol. The number of nitrogens with one attached hydrogen (secondary N) is 1. The van der Waals surface area contributed by atoms with Crippen molar-refractivity contribution in [2.24, 2.45) is 0 Å². The first-order chi connectivity index (χ1) is 10.4. The van der Waals surface area contributed by atoms with E-state index < -0.39 is 8.32 Å². The van der Waals surface area contributed by atoms with Crippen LogP contribution in [0, 0.1) is 0 Å². The van der Waals surface area contributed by atoms with E-state index in [1.165, 1.54) is 0 Å². The van der Waals surface area contributed by atoms with Crippen LogP contribution in [0.25, 0.3) is 0 Å². The predicted octanol–water partition coefficient (Wildman–Crippen LogP) is 3.12. The van der Waals surface area contributed by atoms with Crippen LogP contribution in [0.15, 0.2) is 43.0 Å². The van der Waals surface area contributed by atoms with Gasteiger partial charge in [-0.1, -0.05) is 36.4 Å². The molecule has 1 atom stereocenters. The highest BCUT2D eigenvalue weighted by Gasteiger charge is 2.23. The van der Waals surface area contributed by atoms with E-state index in [-0.39, 0.29) is 12.0 Å². The first kappa shape index (κ1) is 18.6. The maximum Gasteiger partial charge on any atom is 0.222 e. The van der Waals surface area contributed by atoms with Gasteiger partial charge in [-0.05, 0) is 25.2 Å². The van der Waals surface area contributed by atoms with E-state index in [1.807, 2.05) is 30.3 Å². The van der Waals surface area contributed by atoms with Crippen molar-refractivity contribution in [1.82, 2.24) is 5.32 Å². The second-order valence-electron chi connectivity index (χ2n) is 6.14. The zero-order chi connectivity index (χ0) is 16.4. The van der Waals surface area contributed by atoms with Gasteiger partial charge in [-0.25, -0.2) is 0 Å². The van der Waals surface area contributed by atoms with Crippen LogP contribution in [0.5, 0.6) is 0 Å². The summed E-state index contributed by atoms with van der Waals surface area (Å²) >= 11 is 0. The van der Waals surface area contributed by atoms with E-state index in [9.17, 15) is 4.79 Å². The molecule has 0 aromatic heterocycles. The van der Waals surface area contributed by atoms with Crippen molar-refractivity contribution >= 4 is 14.2 Å². The summed E-state index contributed by atoms with van der Waals surface area (Å²) in [5, 5.41) is 2.93. The molecule has 22 heavy (non-hydrogen) atoms. The molecule has 0 saturated heterocycles. The number of rotatable bonds is 10. The molecule has 1 N–H and O–H groups in total. The average molecular weight is 321 g/mol.